The van der Waals surface area contributed by atoms with Crippen LogP contribution >= 0.6 is 11.8 Å². The lowest BCUT2D eigenvalue weighted by Crippen LogP contribution is -2.50. The summed E-state index contributed by atoms with van der Waals surface area (Å²) in [4.78, 5) is 11.8. The van der Waals surface area contributed by atoms with Crippen LogP contribution in [0.3, 0.4) is 0 Å². The van der Waals surface area contributed by atoms with Gasteiger partial charge in [-0.3, -0.25) is 4.79 Å². The van der Waals surface area contributed by atoms with Crippen LogP contribution < -0.4 is 10.6 Å². The molecule has 0 aliphatic carbocycles. The molecule has 2 saturated heterocycles. The molecule has 2 unspecified atom stereocenters. The van der Waals surface area contributed by atoms with Crippen LogP contribution in [0.25, 0.3) is 0 Å². The maximum atomic E-state index is 11.8. The number of nitrogens with one attached hydrogen (secondary N) is 2. The summed E-state index contributed by atoms with van der Waals surface area (Å²) in [6.07, 6.45) is 2.30. The minimum Gasteiger partial charge on any atom is -0.381 e. The zero-order valence-electron chi connectivity index (χ0n) is 9.54. The lowest BCUT2D eigenvalue weighted by Gasteiger charge is -2.25. The van der Waals surface area contributed by atoms with Crippen molar-refractivity contribution < 1.29 is 9.53 Å². The molecule has 2 aliphatic rings. The second-order valence-electron chi connectivity index (χ2n) is 4.41. The van der Waals surface area contributed by atoms with Gasteiger partial charge in [-0.05, 0) is 18.8 Å². The molecule has 1 amide bonds. The third-order valence-corrected chi connectivity index (χ3v) is 4.12. The van der Waals surface area contributed by atoms with E-state index < -0.39 is 0 Å². The van der Waals surface area contributed by atoms with Crippen molar-refractivity contribution >= 4 is 17.7 Å². The average molecular weight is 244 g/mol. The maximum absolute atomic E-state index is 11.8. The third kappa shape index (κ3) is 3.64. The molecule has 0 radical (unpaired) electrons. The van der Waals surface area contributed by atoms with Crippen molar-refractivity contribution in [3.8, 4) is 0 Å². The average Bonchev–Trinajstić information content (AvgIpc) is 2.38. The summed E-state index contributed by atoms with van der Waals surface area (Å²) in [5.41, 5.74) is 0. The molecular formula is C11H20N2O2S. The lowest BCUT2D eigenvalue weighted by atomic mass is 10.0. The van der Waals surface area contributed by atoms with Gasteiger partial charge in [-0.2, -0.15) is 11.8 Å². The van der Waals surface area contributed by atoms with Crippen molar-refractivity contribution in [2.24, 2.45) is 5.92 Å². The van der Waals surface area contributed by atoms with E-state index in [0.29, 0.717) is 5.92 Å². The molecule has 0 saturated carbocycles. The molecule has 92 valence electrons. The Morgan fingerprint density at radius 2 is 2.50 bits per heavy atom. The van der Waals surface area contributed by atoms with E-state index in [2.05, 4.69) is 10.6 Å². The fourth-order valence-electron chi connectivity index (χ4n) is 2.07. The van der Waals surface area contributed by atoms with Crippen LogP contribution in [0.5, 0.6) is 0 Å². The lowest BCUT2D eigenvalue weighted by molar-refractivity contribution is -0.123. The first-order valence-electron chi connectivity index (χ1n) is 6.03. The SMILES string of the molecule is O=C(NCC1CCCOC1)C1CSCCN1. The molecule has 0 aromatic rings. The summed E-state index contributed by atoms with van der Waals surface area (Å²) >= 11 is 1.84. The molecule has 2 atom stereocenters. The molecule has 2 heterocycles. The molecule has 16 heavy (non-hydrogen) atoms. The highest BCUT2D eigenvalue weighted by Crippen LogP contribution is 2.12. The highest BCUT2D eigenvalue weighted by Gasteiger charge is 2.22. The molecule has 0 spiro atoms. The van der Waals surface area contributed by atoms with Gasteiger partial charge in [0.05, 0.1) is 12.6 Å². The van der Waals surface area contributed by atoms with Crippen molar-refractivity contribution in [3.05, 3.63) is 0 Å². The van der Waals surface area contributed by atoms with E-state index in [-0.39, 0.29) is 11.9 Å². The first-order valence-corrected chi connectivity index (χ1v) is 7.18. The molecule has 2 aliphatic heterocycles. The first kappa shape index (κ1) is 12.2. The Balaban J connectivity index is 1.65. The fraction of sp³-hybridized carbons (Fsp3) is 0.909. The summed E-state index contributed by atoms with van der Waals surface area (Å²) in [5.74, 6) is 2.67. The van der Waals surface area contributed by atoms with Crippen LogP contribution in [0.1, 0.15) is 12.8 Å². The molecule has 4 nitrogen and oxygen atoms in total. The van der Waals surface area contributed by atoms with E-state index in [1.165, 1.54) is 6.42 Å². The van der Waals surface area contributed by atoms with Crippen molar-refractivity contribution in [1.82, 2.24) is 10.6 Å². The normalized spacial score (nSPS) is 31.0. The number of amides is 1. The summed E-state index contributed by atoms with van der Waals surface area (Å²) in [5, 5.41) is 6.27. The van der Waals surface area contributed by atoms with E-state index in [9.17, 15) is 4.79 Å². The number of rotatable bonds is 3. The maximum Gasteiger partial charge on any atom is 0.238 e. The van der Waals surface area contributed by atoms with E-state index in [1.807, 2.05) is 11.8 Å². The van der Waals surface area contributed by atoms with Crippen LogP contribution in [0, 0.1) is 5.92 Å². The van der Waals surface area contributed by atoms with Gasteiger partial charge in [0, 0.05) is 31.2 Å². The second kappa shape index (κ2) is 6.47. The molecule has 2 rings (SSSR count). The summed E-state index contributed by atoms with van der Waals surface area (Å²) in [6, 6.07) is 0.00302. The van der Waals surface area contributed by atoms with Gasteiger partial charge in [-0.15, -0.1) is 0 Å². The van der Waals surface area contributed by atoms with Crippen molar-refractivity contribution in [2.45, 2.75) is 18.9 Å². The van der Waals surface area contributed by atoms with Crippen molar-refractivity contribution in [3.63, 3.8) is 0 Å². The van der Waals surface area contributed by atoms with Gasteiger partial charge in [0.1, 0.15) is 0 Å². The number of thioether (sulfide) groups is 1. The summed E-state index contributed by atoms with van der Waals surface area (Å²) in [7, 11) is 0. The number of carbonyl (C=O) groups is 1. The van der Waals surface area contributed by atoms with Gasteiger partial charge in [-0.1, -0.05) is 0 Å². The summed E-state index contributed by atoms with van der Waals surface area (Å²) < 4.78 is 5.39. The zero-order chi connectivity index (χ0) is 11.2. The standard InChI is InChI=1S/C11H20N2O2S/c14-11(10-8-16-5-3-12-10)13-6-9-2-1-4-15-7-9/h9-10,12H,1-8H2,(H,13,14). The molecular weight excluding hydrogens is 224 g/mol. The Hall–Kier alpha value is -0.260. The van der Waals surface area contributed by atoms with E-state index in [1.54, 1.807) is 0 Å². The van der Waals surface area contributed by atoms with Crippen LogP contribution in [-0.4, -0.2) is 49.8 Å². The molecule has 5 heteroatoms. The van der Waals surface area contributed by atoms with Crippen LogP contribution in [0.2, 0.25) is 0 Å². The Labute approximate surface area is 101 Å². The van der Waals surface area contributed by atoms with E-state index in [4.69, 9.17) is 4.74 Å². The monoisotopic (exact) mass is 244 g/mol. The van der Waals surface area contributed by atoms with Gasteiger partial charge in [0.15, 0.2) is 0 Å². The van der Waals surface area contributed by atoms with Gasteiger partial charge in [0.2, 0.25) is 5.91 Å². The molecule has 0 aromatic carbocycles. The van der Waals surface area contributed by atoms with Gasteiger partial charge >= 0.3 is 0 Å². The predicted molar refractivity (Wildman–Crippen MR) is 65.7 cm³/mol. The smallest absolute Gasteiger partial charge is 0.238 e. The van der Waals surface area contributed by atoms with Crippen LogP contribution in [0.15, 0.2) is 0 Å². The zero-order valence-corrected chi connectivity index (χ0v) is 10.4. The highest BCUT2D eigenvalue weighted by atomic mass is 32.2. The summed E-state index contributed by atoms with van der Waals surface area (Å²) in [6.45, 7) is 3.38. The van der Waals surface area contributed by atoms with Crippen molar-refractivity contribution in [1.29, 1.82) is 0 Å². The molecule has 0 aromatic heterocycles. The molecule has 2 N–H and O–H groups in total. The first-order chi connectivity index (χ1) is 7.86. The minimum absolute atomic E-state index is 0.00302. The molecule has 2 fully saturated rings. The highest BCUT2D eigenvalue weighted by molar-refractivity contribution is 7.99. The number of carbonyl (C=O) groups excluding carboxylic acids is 1. The number of hydrogen-bond acceptors (Lipinski definition) is 4. The predicted octanol–water partition coefficient (Wildman–Crippen LogP) is 0.234. The second-order valence-corrected chi connectivity index (χ2v) is 5.56. The minimum atomic E-state index is 0.00302. The Kier molecular flexibility index (Phi) is 4.93. The molecule has 0 bridgehead atoms. The third-order valence-electron chi connectivity index (χ3n) is 3.06. The van der Waals surface area contributed by atoms with Gasteiger partial charge in [-0.25, -0.2) is 0 Å². The quantitative estimate of drug-likeness (QED) is 0.746. The van der Waals surface area contributed by atoms with Crippen molar-refractivity contribution in [2.75, 3.05) is 37.8 Å². The Morgan fingerprint density at radius 1 is 1.56 bits per heavy atom. The largest absolute Gasteiger partial charge is 0.381 e. The number of ether oxygens (including phenoxy) is 1. The Bertz CT molecular complexity index is 226. The topological polar surface area (TPSA) is 50.4 Å². The van der Waals surface area contributed by atoms with E-state index in [0.717, 1.165) is 44.2 Å². The Morgan fingerprint density at radius 3 is 3.19 bits per heavy atom. The van der Waals surface area contributed by atoms with Crippen LogP contribution in [0.4, 0.5) is 0 Å². The van der Waals surface area contributed by atoms with E-state index >= 15 is 0 Å². The van der Waals surface area contributed by atoms with Gasteiger partial charge < -0.3 is 15.4 Å². The fourth-order valence-corrected chi connectivity index (χ4v) is 3.00. The van der Waals surface area contributed by atoms with Gasteiger partial charge in [0.25, 0.3) is 0 Å². The van der Waals surface area contributed by atoms with Crippen LogP contribution in [-0.2, 0) is 9.53 Å². The number of hydrogen-bond donors (Lipinski definition) is 2.